The van der Waals surface area contributed by atoms with Crippen molar-refractivity contribution in [2.75, 3.05) is 13.1 Å². The Kier molecular flexibility index (Phi) is 4.36. The standard InChI is InChI=1S/C12H19N3OS/c1-10-14-11(9-17-10)8-13-12(16)15-6-4-2-3-5-7-15/h9H,2-8H2,1H3,(H,13,16). The monoisotopic (exact) mass is 253 g/mol. The average molecular weight is 253 g/mol. The summed E-state index contributed by atoms with van der Waals surface area (Å²) >= 11 is 1.62. The van der Waals surface area contributed by atoms with Gasteiger partial charge in [-0.2, -0.15) is 0 Å². The van der Waals surface area contributed by atoms with E-state index in [1.54, 1.807) is 11.3 Å². The van der Waals surface area contributed by atoms with Crippen LogP contribution in [0.3, 0.4) is 0 Å². The van der Waals surface area contributed by atoms with E-state index in [1.165, 1.54) is 12.8 Å². The largest absolute Gasteiger partial charge is 0.332 e. The van der Waals surface area contributed by atoms with Crippen LogP contribution in [0.15, 0.2) is 5.38 Å². The number of hydrogen-bond donors (Lipinski definition) is 1. The number of carbonyl (C=O) groups is 1. The first-order chi connectivity index (χ1) is 8.25. The molecule has 0 spiro atoms. The Balaban J connectivity index is 1.79. The van der Waals surface area contributed by atoms with Crippen LogP contribution in [0.1, 0.15) is 36.4 Å². The van der Waals surface area contributed by atoms with E-state index in [9.17, 15) is 4.79 Å². The van der Waals surface area contributed by atoms with Crippen LogP contribution in [0.4, 0.5) is 4.79 Å². The molecular weight excluding hydrogens is 234 g/mol. The summed E-state index contributed by atoms with van der Waals surface area (Å²) in [5, 5.41) is 5.98. The van der Waals surface area contributed by atoms with Crippen LogP contribution in [0.2, 0.25) is 0 Å². The molecule has 1 aliphatic rings. The highest BCUT2D eigenvalue weighted by Crippen LogP contribution is 2.10. The van der Waals surface area contributed by atoms with Gasteiger partial charge in [0.05, 0.1) is 17.2 Å². The van der Waals surface area contributed by atoms with Crippen LogP contribution in [0.5, 0.6) is 0 Å². The molecule has 4 nitrogen and oxygen atoms in total. The Morgan fingerprint density at radius 1 is 1.41 bits per heavy atom. The molecule has 2 amide bonds. The van der Waals surface area contributed by atoms with E-state index in [4.69, 9.17) is 0 Å². The predicted molar refractivity (Wildman–Crippen MR) is 69.1 cm³/mol. The third kappa shape index (κ3) is 3.70. The van der Waals surface area contributed by atoms with Crippen LogP contribution in [-0.2, 0) is 6.54 Å². The second-order valence-corrected chi connectivity index (χ2v) is 5.48. The molecule has 0 radical (unpaired) electrons. The van der Waals surface area contributed by atoms with Crippen molar-refractivity contribution in [3.8, 4) is 0 Å². The van der Waals surface area contributed by atoms with Gasteiger partial charge < -0.3 is 10.2 Å². The number of amides is 2. The third-order valence-electron chi connectivity index (χ3n) is 2.98. The van der Waals surface area contributed by atoms with Gasteiger partial charge in [0.25, 0.3) is 0 Å². The number of rotatable bonds is 2. The van der Waals surface area contributed by atoms with Gasteiger partial charge in [-0.1, -0.05) is 12.8 Å². The fourth-order valence-corrected chi connectivity index (χ4v) is 2.65. The fraction of sp³-hybridized carbons (Fsp3) is 0.667. The summed E-state index contributed by atoms with van der Waals surface area (Å²) in [6.45, 7) is 4.30. The highest BCUT2D eigenvalue weighted by Gasteiger charge is 2.14. The molecular formula is C12H19N3OS. The lowest BCUT2D eigenvalue weighted by Crippen LogP contribution is -2.40. The molecule has 0 atom stereocenters. The Labute approximate surface area is 106 Å². The van der Waals surface area contributed by atoms with E-state index in [0.717, 1.165) is 36.6 Å². The highest BCUT2D eigenvalue weighted by atomic mass is 32.1. The quantitative estimate of drug-likeness (QED) is 0.880. The second-order valence-electron chi connectivity index (χ2n) is 4.42. The summed E-state index contributed by atoms with van der Waals surface area (Å²) in [4.78, 5) is 18.2. The maximum atomic E-state index is 11.9. The van der Waals surface area contributed by atoms with Crippen molar-refractivity contribution >= 4 is 17.4 Å². The van der Waals surface area contributed by atoms with E-state index in [-0.39, 0.29) is 6.03 Å². The molecule has 2 heterocycles. The molecule has 0 unspecified atom stereocenters. The van der Waals surface area contributed by atoms with Gasteiger partial charge in [-0.3, -0.25) is 0 Å². The molecule has 0 saturated carbocycles. The maximum absolute atomic E-state index is 11.9. The molecule has 0 bridgehead atoms. The first kappa shape index (κ1) is 12.4. The number of nitrogens with one attached hydrogen (secondary N) is 1. The molecule has 1 N–H and O–H groups in total. The van der Waals surface area contributed by atoms with Gasteiger partial charge in [-0.25, -0.2) is 9.78 Å². The maximum Gasteiger partial charge on any atom is 0.317 e. The zero-order valence-corrected chi connectivity index (χ0v) is 11.1. The van der Waals surface area contributed by atoms with Crippen molar-refractivity contribution in [1.82, 2.24) is 15.2 Å². The van der Waals surface area contributed by atoms with Crippen LogP contribution in [0, 0.1) is 6.92 Å². The average Bonchev–Trinajstić information content (AvgIpc) is 2.58. The lowest BCUT2D eigenvalue weighted by molar-refractivity contribution is 0.199. The first-order valence-corrected chi connectivity index (χ1v) is 7.07. The van der Waals surface area contributed by atoms with Gasteiger partial charge in [0.2, 0.25) is 0 Å². The van der Waals surface area contributed by atoms with Gasteiger partial charge in [-0.05, 0) is 19.8 Å². The number of aromatic nitrogens is 1. The summed E-state index contributed by atoms with van der Waals surface area (Å²) in [6.07, 6.45) is 4.75. The van der Waals surface area contributed by atoms with Crippen molar-refractivity contribution < 1.29 is 4.79 Å². The first-order valence-electron chi connectivity index (χ1n) is 6.19. The third-order valence-corrected chi connectivity index (χ3v) is 3.80. The second kappa shape index (κ2) is 6.00. The topological polar surface area (TPSA) is 45.2 Å². The van der Waals surface area contributed by atoms with Crippen molar-refractivity contribution in [1.29, 1.82) is 0 Å². The van der Waals surface area contributed by atoms with E-state index in [1.807, 2.05) is 17.2 Å². The molecule has 1 fully saturated rings. The van der Waals surface area contributed by atoms with Crippen molar-refractivity contribution in [2.45, 2.75) is 39.2 Å². The SMILES string of the molecule is Cc1nc(CNC(=O)N2CCCCCC2)cs1. The number of thiazole rings is 1. The number of urea groups is 1. The van der Waals surface area contributed by atoms with Gasteiger partial charge in [0.1, 0.15) is 0 Å². The fourth-order valence-electron chi connectivity index (χ4n) is 2.04. The Hall–Kier alpha value is -1.10. The summed E-state index contributed by atoms with van der Waals surface area (Å²) in [5.74, 6) is 0. The molecule has 2 rings (SSSR count). The molecule has 17 heavy (non-hydrogen) atoms. The lowest BCUT2D eigenvalue weighted by atomic mass is 10.2. The van der Waals surface area contributed by atoms with Crippen LogP contribution in [-0.4, -0.2) is 29.0 Å². The van der Waals surface area contributed by atoms with Crippen molar-refractivity contribution in [3.63, 3.8) is 0 Å². The number of carbonyl (C=O) groups excluding carboxylic acids is 1. The molecule has 5 heteroatoms. The Morgan fingerprint density at radius 2 is 2.12 bits per heavy atom. The van der Waals surface area contributed by atoms with Crippen molar-refractivity contribution in [2.24, 2.45) is 0 Å². The molecule has 0 aromatic carbocycles. The van der Waals surface area contributed by atoms with Gasteiger partial charge in [0.15, 0.2) is 0 Å². The summed E-state index contributed by atoms with van der Waals surface area (Å²) in [6, 6.07) is 0.0533. The van der Waals surface area contributed by atoms with Crippen LogP contribution < -0.4 is 5.32 Å². The minimum absolute atomic E-state index is 0.0533. The number of aryl methyl sites for hydroxylation is 1. The molecule has 94 valence electrons. The Morgan fingerprint density at radius 3 is 2.71 bits per heavy atom. The number of likely N-dealkylation sites (tertiary alicyclic amines) is 1. The van der Waals surface area contributed by atoms with Gasteiger partial charge in [-0.15, -0.1) is 11.3 Å². The summed E-state index contributed by atoms with van der Waals surface area (Å²) in [7, 11) is 0. The number of hydrogen-bond acceptors (Lipinski definition) is 3. The summed E-state index contributed by atoms with van der Waals surface area (Å²) in [5.41, 5.74) is 0.954. The van der Waals surface area contributed by atoms with Gasteiger partial charge in [0, 0.05) is 18.5 Å². The molecule has 1 aliphatic heterocycles. The molecule has 0 aliphatic carbocycles. The zero-order valence-electron chi connectivity index (χ0n) is 10.2. The normalized spacial score (nSPS) is 16.6. The van der Waals surface area contributed by atoms with Crippen molar-refractivity contribution in [3.05, 3.63) is 16.1 Å². The van der Waals surface area contributed by atoms with Crippen LogP contribution in [0.25, 0.3) is 0 Å². The van der Waals surface area contributed by atoms with E-state index in [0.29, 0.717) is 6.54 Å². The molecule has 1 aromatic heterocycles. The van der Waals surface area contributed by atoms with Gasteiger partial charge >= 0.3 is 6.03 Å². The van der Waals surface area contributed by atoms with E-state index in [2.05, 4.69) is 10.3 Å². The lowest BCUT2D eigenvalue weighted by Gasteiger charge is -2.20. The smallest absolute Gasteiger partial charge is 0.317 e. The minimum atomic E-state index is 0.0533. The van der Waals surface area contributed by atoms with E-state index >= 15 is 0 Å². The van der Waals surface area contributed by atoms with E-state index < -0.39 is 0 Å². The summed E-state index contributed by atoms with van der Waals surface area (Å²) < 4.78 is 0. The molecule has 1 saturated heterocycles. The Bertz CT molecular complexity index is 370. The minimum Gasteiger partial charge on any atom is -0.332 e. The predicted octanol–water partition coefficient (Wildman–Crippen LogP) is 2.54. The highest BCUT2D eigenvalue weighted by molar-refractivity contribution is 7.09. The zero-order chi connectivity index (χ0) is 12.1. The van der Waals surface area contributed by atoms with Crippen LogP contribution >= 0.6 is 11.3 Å². The number of nitrogens with zero attached hydrogens (tertiary/aromatic N) is 2. The molecule has 1 aromatic rings.